The van der Waals surface area contributed by atoms with Crippen molar-refractivity contribution in [1.82, 2.24) is 14.9 Å². The maximum Gasteiger partial charge on any atom is 0.240 e. The highest BCUT2D eigenvalue weighted by molar-refractivity contribution is 8.00. The van der Waals surface area contributed by atoms with Crippen molar-refractivity contribution < 1.29 is 4.79 Å². The molecule has 1 amide bonds. The number of nitrogens with one attached hydrogen (secondary N) is 2. The maximum atomic E-state index is 13.2. The lowest BCUT2D eigenvalue weighted by Gasteiger charge is -2.33. The number of benzene rings is 2. The van der Waals surface area contributed by atoms with Gasteiger partial charge >= 0.3 is 0 Å². The molecule has 8 heteroatoms. The molecule has 0 bridgehead atoms. The summed E-state index contributed by atoms with van der Waals surface area (Å²) in [6.45, 7) is 5.81. The Morgan fingerprint density at radius 2 is 1.89 bits per heavy atom. The first-order chi connectivity index (χ1) is 13.4. The molecule has 0 unspecified atom stereocenters. The van der Waals surface area contributed by atoms with Crippen molar-refractivity contribution in [3.05, 3.63) is 70.0 Å². The van der Waals surface area contributed by atoms with Gasteiger partial charge in [0, 0.05) is 10.7 Å². The molecule has 2 N–H and O–H groups in total. The van der Waals surface area contributed by atoms with Gasteiger partial charge in [-0.1, -0.05) is 59.3 Å². The van der Waals surface area contributed by atoms with E-state index in [4.69, 9.17) is 11.6 Å². The van der Waals surface area contributed by atoms with E-state index in [1.54, 1.807) is 0 Å². The lowest BCUT2D eigenvalue weighted by molar-refractivity contribution is -0.116. The Kier molecular flexibility index (Phi) is 5.03. The van der Waals surface area contributed by atoms with Crippen LogP contribution in [0.1, 0.15) is 28.6 Å². The molecule has 3 aromatic rings. The van der Waals surface area contributed by atoms with Gasteiger partial charge in [-0.3, -0.25) is 4.79 Å². The number of hydrogen-bond donors (Lipinski definition) is 2. The van der Waals surface area contributed by atoms with Crippen molar-refractivity contribution >= 4 is 35.0 Å². The molecular weight excluding hydrogens is 394 g/mol. The monoisotopic (exact) mass is 413 g/mol. The van der Waals surface area contributed by atoms with E-state index in [2.05, 4.69) is 20.9 Å². The van der Waals surface area contributed by atoms with Gasteiger partial charge in [0.1, 0.15) is 11.1 Å². The number of rotatable bonds is 3. The van der Waals surface area contributed by atoms with Crippen molar-refractivity contribution in [1.29, 1.82) is 0 Å². The van der Waals surface area contributed by atoms with Crippen LogP contribution in [-0.2, 0) is 4.79 Å². The number of halogens is 1. The molecule has 0 aliphatic carbocycles. The van der Waals surface area contributed by atoms with Crippen molar-refractivity contribution in [3.63, 3.8) is 0 Å². The molecule has 6 nitrogen and oxygen atoms in total. The van der Waals surface area contributed by atoms with E-state index >= 15 is 0 Å². The number of amides is 1. The molecule has 144 valence electrons. The lowest BCUT2D eigenvalue weighted by atomic mass is 10.0. The molecular formula is C20H20ClN5OS. The number of carbonyl (C=O) groups excluding carboxylic acids is 1. The van der Waals surface area contributed by atoms with Gasteiger partial charge in [0.05, 0.1) is 6.04 Å². The first kappa shape index (κ1) is 18.8. The SMILES string of the molecule is Cc1ccc([C@H]2Nn3c(C)nnc3S[C@@H]2C(=O)Nc2cccc(Cl)c2C)cc1. The van der Waals surface area contributed by atoms with Gasteiger partial charge in [0.2, 0.25) is 11.1 Å². The minimum absolute atomic E-state index is 0.111. The van der Waals surface area contributed by atoms with Crippen LogP contribution < -0.4 is 10.7 Å². The van der Waals surface area contributed by atoms with Crippen LogP contribution >= 0.6 is 23.4 Å². The fourth-order valence-electron chi connectivity index (χ4n) is 3.13. The van der Waals surface area contributed by atoms with E-state index in [1.807, 2.05) is 67.9 Å². The Morgan fingerprint density at radius 3 is 2.64 bits per heavy atom. The van der Waals surface area contributed by atoms with E-state index in [0.29, 0.717) is 15.9 Å². The van der Waals surface area contributed by atoms with Crippen molar-refractivity contribution in [2.45, 2.75) is 37.2 Å². The summed E-state index contributed by atoms with van der Waals surface area (Å²) in [5, 5.41) is 12.2. The number of nitrogens with zero attached hydrogens (tertiary/aromatic N) is 3. The van der Waals surface area contributed by atoms with Crippen LogP contribution in [-0.4, -0.2) is 26.0 Å². The quantitative estimate of drug-likeness (QED) is 0.671. The zero-order valence-electron chi connectivity index (χ0n) is 15.7. The molecule has 0 spiro atoms. The highest BCUT2D eigenvalue weighted by Gasteiger charge is 2.37. The van der Waals surface area contributed by atoms with Crippen LogP contribution in [0.3, 0.4) is 0 Å². The number of fused-ring (bicyclic) bond motifs is 1. The molecule has 0 fully saturated rings. The Morgan fingerprint density at radius 1 is 1.14 bits per heavy atom. The third kappa shape index (κ3) is 3.47. The molecule has 1 aliphatic rings. The van der Waals surface area contributed by atoms with Crippen molar-refractivity contribution in [2.24, 2.45) is 0 Å². The average Bonchev–Trinajstić information content (AvgIpc) is 3.05. The number of carbonyl (C=O) groups is 1. The number of hydrogen-bond acceptors (Lipinski definition) is 5. The van der Waals surface area contributed by atoms with Gasteiger partial charge in [0.25, 0.3) is 0 Å². The summed E-state index contributed by atoms with van der Waals surface area (Å²) in [4.78, 5) is 13.2. The van der Waals surface area contributed by atoms with Crippen molar-refractivity contribution in [3.8, 4) is 0 Å². The molecule has 4 rings (SSSR count). The fourth-order valence-corrected chi connectivity index (χ4v) is 4.43. The van der Waals surface area contributed by atoms with Gasteiger partial charge in [-0.15, -0.1) is 10.2 Å². The zero-order chi connectivity index (χ0) is 19.8. The van der Waals surface area contributed by atoms with Gasteiger partial charge in [0.15, 0.2) is 0 Å². The predicted octanol–water partition coefficient (Wildman–Crippen LogP) is 4.25. The third-order valence-electron chi connectivity index (χ3n) is 4.82. The Labute approximate surface area is 172 Å². The van der Waals surface area contributed by atoms with Crippen LogP contribution in [0.25, 0.3) is 0 Å². The van der Waals surface area contributed by atoms with Gasteiger partial charge in [-0.25, -0.2) is 4.68 Å². The fraction of sp³-hybridized carbons (Fsp3) is 0.250. The molecule has 0 saturated carbocycles. The summed E-state index contributed by atoms with van der Waals surface area (Å²) in [6, 6.07) is 13.4. The molecule has 2 atom stereocenters. The second kappa shape index (κ2) is 7.48. The summed E-state index contributed by atoms with van der Waals surface area (Å²) >= 11 is 7.61. The van der Waals surface area contributed by atoms with Crippen LogP contribution in [0.5, 0.6) is 0 Å². The largest absolute Gasteiger partial charge is 0.325 e. The van der Waals surface area contributed by atoms with Crippen LogP contribution in [0, 0.1) is 20.8 Å². The van der Waals surface area contributed by atoms with Gasteiger partial charge < -0.3 is 10.7 Å². The summed E-state index contributed by atoms with van der Waals surface area (Å²) in [5.74, 6) is 0.643. The predicted molar refractivity (Wildman–Crippen MR) is 113 cm³/mol. The second-order valence-corrected chi connectivity index (χ2v) is 8.34. The number of aromatic nitrogens is 3. The summed E-state index contributed by atoms with van der Waals surface area (Å²) < 4.78 is 1.84. The van der Waals surface area contributed by atoms with E-state index in [0.717, 1.165) is 17.0 Å². The first-order valence-electron chi connectivity index (χ1n) is 8.92. The standard InChI is InChI=1S/C20H20ClN5OS/c1-11-7-9-14(10-8-11)17-18(28-20-24-23-13(3)26(20)25-17)19(27)22-16-6-4-5-15(21)12(16)2/h4-10,17-18,25H,1-3H3,(H,22,27)/t17-,18+/m1/s1. The maximum absolute atomic E-state index is 13.2. The normalized spacial score (nSPS) is 18.3. The minimum Gasteiger partial charge on any atom is -0.325 e. The smallest absolute Gasteiger partial charge is 0.240 e. The molecule has 0 saturated heterocycles. The van der Waals surface area contributed by atoms with E-state index < -0.39 is 5.25 Å². The number of thioether (sulfide) groups is 1. The van der Waals surface area contributed by atoms with E-state index in [-0.39, 0.29) is 11.9 Å². The molecule has 0 radical (unpaired) electrons. The van der Waals surface area contributed by atoms with Gasteiger partial charge in [-0.05, 0) is 44.0 Å². The van der Waals surface area contributed by atoms with Crippen LogP contribution in [0.4, 0.5) is 5.69 Å². The van der Waals surface area contributed by atoms with E-state index in [9.17, 15) is 4.79 Å². The first-order valence-corrected chi connectivity index (χ1v) is 10.2. The Bertz CT molecular complexity index is 1030. The molecule has 2 heterocycles. The highest BCUT2D eigenvalue weighted by atomic mass is 35.5. The molecule has 1 aromatic heterocycles. The topological polar surface area (TPSA) is 71.8 Å². The number of aryl methyl sites for hydroxylation is 2. The van der Waals surface area contributed by atoms with E-state index in [1.165, 1.54) is 17.3 Å². The minimum atomic E-state index is -0.419. The zero-order valence-corrected chi connectivity index (χ0v) is 17.3. The molecule has 1 aliphatic heterocycles. The van der Waals surface area contributed by atoms with Crippen molar-refractivity contribution in [2.75, 3.05) is 10.7 Å². The van der Waals surface area contributed by atoms with Gasteiger partial charge in [-0.2, -0.15) is 0 Å². The molecule has 2 aromatic carbocycles. The summed E-state index contributed by atoms with van der Waals surface area (Å²) in [5.41, 5.74) is 7.16. The average molecular weight is 414 g/mol. The molecule has 28 heavy (non-hydrogen) atoms. The highest BCUT2D eigenvalue weighted by Crippen LogP contribution is 2.38. The number of anilines is 1. The Balaban J connectivity index is 1.68. The second-order valence-electron chi connectivity index (χ2n) is 6.82. The van der Waals surface area contributed by atoms with Crippen LogP contribution in [0.15, 0.2) is 47.6 Å². The summed E-state index contributed by atoms with van der Waals surface area (Å²) in [7, 11) is 0. The summed E-state index contributed by atoms with van der Waals surface area (Å²) in [6.07, 6.45) is 0. The third-order valence-corrected chi connectivity index (χ3v) is 6.44. The van der Waals surface area contributed by atoms with Crippen LogP contribution in [0.2, 0.25) is 5.02 Å². The Hall–Kier alpha value is -2.51. The lowest BCUT2D eigenvalue weighted by Crippen LogP contribution is -2.41.